The Labute approximate surface area is 148 Å². The van der Waals surface area contributed by atoms with Gasteiger partial charge in [0.05, 0.1) is 0 Å². The van der Waals surface area contributed by atoms with Crippen molar-refractivity contribution in [1.29, 1.82) is 0 Å². The van der Waals surface area contributed by atoms with Gasteiger partial charge in [0.1, 0.15) is 0 Å². The fraction of sp³-hybridized carbons (Fsp3) is 0.300. The van der Waals surface area contributed by atoms with E-state index in [0.29, 0.717) is 0 Å². The molecule has 0 N–H and O–H groups in total. The van der Waals surface area contributed by atoms with E-state index in [4.69, 9.17) is 8.85 Å². The summed E-state index contributed by atoms with van der Waals surface area (Å²) < 4.78 is 11.3. The maximum atomic E-state index is 5.65. The van der Waals surface area contributed by atoms with Crippen molar-refractivity contribution < 1.29 is 8.85 Å². The Morgan fingerprint density at radius 2 is 0.875 bits per heavy atom. The van der Waals surface area contributed by atoms with Gasteiger partial charge in [-0.25, -0.2) is 0 Å². The predicted molar refractivity (Wildman–Crippen MR) is 110 cm³/mol. The van der Waals surface area contributed by atoms with Gasteiger partial charge >= 0.3 is 0 Å². The van der Waals surface area contributed by atoms with E-state index in [0.717, 1.165) is 0 Å². The molecule has 24 heavy (non-hydrogen) atoms. The molecule has 0 amide bonds. The summed E-state index contributed by atoms with van der Waals surface area (Å²) in [6.45, 7) is 8.85. The molecule has 4 heteroatoms. The minimum Gasteiger partial charge on any atom is -0.416 e. The first-order valence-electron chi connectivity index (χ1n) is 8.28. The Balaban J connectivity index is 2.11. The van der Waals surface area contributed by atoms with Crippen LogP contribution >= 0.6 is 0 Å². The van der Waals surface area contributed by atoms with Crippen molar-refractivity contribution in [1.82, 2.24) is 0 Å². The van der Waals surface area contributed by atoms with Crippen molar-refractivity contribution >= 4 is 39.2 Å². The van der Waals surface area contributed by atoms with Gasteiger partial charge in [0.2, 0.25) is 16.6 Å². The highest BCUT2D eigenvalue weighted by Crippen LogP contribution is 2.11. The van der Waals surface area contributed by atoms with Crippen LogP contribution in [0.2, 0.25) is 26.2 Å². The molecule has 2 rings (SSSR count). The van der Waals surface area contributed by atoms with Crippen molar-refractivity contribution in [2.45, 2.75) is 26.2 Å². The predicted octanol–water partition coefficient (Wildman–Crippen LogP) is 3.97. The Bertz CT molecular complexity index is 625. The standard InChI is InChI=1S/C20H28O2Si2/c1-21-23(3,4)19-13-9-17(10-14-19)7-8-18-11-15-20(16-12-18)24(5,6)22-2/h7-16H,1-6H3. The molecular weight excluding hydrogens is 328 g/mol. The molecule has 2 aromatic carbocycles. The van der Waals surface area contributed by atoms with Gasteiger partial charge in [-0.05, 0) is 47.7 Å². The summed E-state index contributed by atoms with van der Waals surface area (Å²) in [5.74, 6) is 0. The van der Waals surface area contributed by atoms with Gasteiger partial charge in [-0.3, -0.25) is 0 Å². The van der Waals surface area contributed by atoms with Crippen molar-refractivity contribution in [2.75, 3.05) is 14.2 Å². The van der Waals surface area contributed by atoms with E-state index in [2.05, 4.69) is 86.9 Å². The van der Waals surface area contributed by atoms with Gasteiger partial charge in [0, 0.05) is 14.2 Å². The van der Waals surface area contributed by atoms with Crippen molar-refractivity contribution in [3.8, 4) is 0 Å². The Morgan fingerprint density at radius 3 is 1.12 bits per heavy atom. The largest absolute Gasteiger partial charge is 0.416 e. The highest BCUT2D eigenvalue weighted by molar-refractivity contribution is 6.84. The molecule has 0 heterocycles. The lowest BCUT2D eigenvalue weighted by Crippen LogP contribution is -2.43. The Hall–Kier alpha value is -1.47. The summed E-state index contributed by atoms with van der Waals surface area (Å²) >= 11 is 0. The molecule has 0 spiro atoms. The molecule has 0 saturated heterocycles. The van der Waals surface area contributed by atoms with E-state index in [-0.39, 0.29) is 0 Å². The third kappa shape index (κ3) is 4.54. The summed E-state index contributed by atoms with van der Waals surface area (Å²) in [6.07, 6.45) is 4.30. The number of rotatable bonds is 6. The zero-order valence-corrected chi connectivity index (χ0v) is 17.6. The van der Waals surface area contributed by atoms with E-state index in [9.17, 15) is 0 Å². The summed E-state index contributed by atoms with van der Waals surface area (Å²) in [5.41, 5.74) is 2.41. The fourth-order valence-corrected chi connectivity index (χ4v) is 4.83. The zero-order valence-electron chi connectivity index (χ0n) is 15.6. The maximum absolute atomic E-state index is 5.65. The molecule has 0 aliphatic carbocycles. The SMILES string of the molecule is CO[Si](C)(C)c1ccc(C=Cc2ccc([Si](C)(C)OC)cc2)cc1. The fourth-order valence-electron chi connectivity index (χ4n) is 2.42. The van der Waals surface area contributed by atoms with Crippen LogP contribution < -0.4 is 10.4 Å². The third-order valence-corrected chi connectivity index (χ3v) is 10.2. The van der Waals surface area contributed by atoms with E-state index < -0.39 is 16.6 Å². The van der Waals surface area contributed by atoms with Gasteiger partial charge in [-0.1, -0.05) is 60.7 Å². The Morgan fingerprint density at radius 1 is 0.583 bits per heavy atom. The minimum absolute atomic E-state index is 1.20. The zero-order chi connectivity index (χ0) is 17.8. The second-order valence-electron chi connectivity index (χ2n) is 7.01. The van der Waals surface area contributed by atoms with E-state index >= 15 is 0 Å². The average Bonchev–Trinajstić information content (AvgIpc) is 2.60. The number of hydrogen-bond acceptors (Lipinski definition) is 2. The number of hydrogen-bond donors (Lipinski definition) is 0. The minimum atomic E-state index is -1.72. The third-order valence-electron chi connectivity index (χ3n) is 4.70. The normalized spacial score (nSPS) is 12.8. The van der Waals surface area contributed by atoms with Crippen LogP contribution in [0.1, 0.15) is 11.1 Å². The monoisotopic (exact) mass is 356 g/mol. The second kappa shape index (κ2) is 7.61. The first kappa shape index (κ1) is 18.9. The maximum Gasteiger partial charge on any atom is 0.217 e. The highest BCUT2D eigenvalue weighted by atomic mass is 28.4. The molecule has 0 saturated carbocycles. The molecule has 0 atom stereocenters. The molecule has 0 aliphatic heterocycles. The van der Waals surface area contributed by atoms with Gasteiger partial charge < -0.3 is 8.85 Å². The van der Waals surface area contributed by atoms with Gasteiger partial charge in [-0.2, -0.15) is 0 Å². The van der Waals surface area contributed by atoms with Crippen LogP contribution in [-0.4, -0.2) is 30.9 Å². The summed E-state index contributed by atoms with van der Waals surface area (Å²) in [7, 11) is 0.160. The van der Waals surface area contributed by atoms with Crippen LogP contribution in [0.4, 0.5) is 0 Å². The highest BCUT2D eigenvalue weighted by Gasteiger charge is 2.23. The van der Waals surface area contributed by atoms with E-state index in [1.807, 2.05) is 0 Å². The molecule has 2 nitrogen and oxygen atoms in total. The van der Waals surface area contributed by atoms with Crippen LogP contribution in [0, 0.1) is 0 Å². The lowest BCUT2D eigenvalue weighted by atomic mass is 10.1. The molecule has 128 valence electrons. The summed E-state index contributed by atoms with van der Waals surface area (Å²) in [4.78, 5) is 0. The molecule has 0 aliphatic rings. The van der Waals surface area contributed by atoms with E-state index in [1.165, 1.54) is 21.5 Å². The molecule has 0 radical (unpaired) electrons. The van der Waals surface area contributed by atoms with Gasteiger partial charge in [0.15, 0.2) is 0 Å². The van der Waals surface area contributed by atoms with Crippen LogP contribution in [0.5, 0.6) is 0 Å². The van der Waals surface area contributed by atoms with Crippen molar-refractivity contribution in [3.63, 3.8) is 0 Å². The first-order valence-corrected chi connectivity index (χ1v) is 14.1. The second-order valence-corrected chi connectivity index (χ2v) is 15.0. The molecule has 0 unspecified atom stereocenters. The van der Waals surface area contributed by atoms with Crippen LogP contribution in [0.3, 0.4) is 0 Å². The van der Waals surface area contributed by atoms with Crippen LogP contribution in [-0.2, 0) is 8.85 Å². The smallest absolute Gasteiger partial charge is 0.217 e. The lowest BCUT2D eigenvalue weighted by Gasteiger charge is -2.20. The van der Waals surface area contributed by atoms with Gasteiger partial charge in [-0.15, -0.1) is 0 Å². The molecule has 0 fully saturated rings. The van der Waals surface area contributed by atoms with Crippen molar-refractivity contribution in [3.05, 3.63) is 59.7 Å². The molecular formula is C20H28O2Si2. The molecule has 2 aromatic rings. The van der Waals surface area contributed by atoms with Crippen LogP contribution in [0.15, 0.2) is 48.5 Å². The van der Waals surface area contributed by atoms with Gasteiger partial charge in [0.25, 0.3) is 0 Å². The van der Waals surface area contributed by atoms with Crippen molar-refractivity contribution in [2.24, 2.45) is 0 Å². The topological polar surface area (TPSA) is 18.5 Å². The summed E-state index contributed by atoms with van der Waals surface area (Å²) in [6, 6.07) is 17.4. The number of benzene rings is 2. The van der Waals surface area contributed by atoms with E-state index in [1.54, 1.807) is 14.2 Å². The Kier molecular flexibility index (Phi) is 5.98. The molecule has 0 bridgehead atoms. The molecule has 0 aromatic heterocycles. The first-order chi connectivity index (χ1) is 11.3. The average molecular weight is 357 g/mol. The quantitative estimate of drug-likeness (QED) is 0.576. The van der Waals surface area contributed by atoms with Crippen LogP contribution in [0.25, 0.3) is 12.2 Å². The summed E-state index contributed by atoms with van der Waals surface area (Å²) in [5, 5.41) is 2.64. The lowest BCUT2D eigenvalue weighted by molar-refractivity contribution is 0.416.